The molecule has 7 heteroatoms. The molecule has 0 amide bonds. The topological polar surface area (TPSA) is 46.2 Å². The Morgan fingerprint density at radius 1 is 1.25 bits per heavy atom. The molecule has 1 aromatic rings. The number of nitrogens with one attached hydrogen (secondary N) is 1. The van der Waals surface area contributed by atoms with Gasteiger partial charge in [0.25, 0.3) is 0 Å². The van der Waals surface area contributed by atoms with Gasteiger partial charge in [0, 0.05) is 18.0 Å². The largest absolute Gasteiger partial charge is 0.243 e. The number of alkyl halides is 1. The number of hydrogen-bond donors (Lipinski definition) is 1. The standard InChI is InChI=1S/C13H16ClF2NO2S/c14-8-9-3-1-2-4-12(9)17-20(18,19)13-6-5-10(15)7-11(13)16/h5-7,9,12,17H,1-4,8H2. The summed E-state index contributed by atoms with van der Waals surface area (Å²) in [4.78, 5) is -0.530. The van der Waals surface area contributed by atoms with Crippen LogP contribution in [-0.4, -0.2) is 20.3 Å². The van der Waals surface area contributed by atoms with Gasteiger partial charge in [-0.15, -0.1) is 11.6 Å². The Morgan fingerprint density at radius 2 is 1.95 bits per heavy atom. The Labute approximate surface area is 122 Å². The Hall–Kier alpha value is -0.720. The predicted octanol–water partition coefficient (Wildman–Crippen LogP) is 3.04. The summed E-state index contributed by atoms with van der Waals surface area (Å²) in [7, 11) is -4.00. The normalized spacial score (nSPS) is 23.8. The fourth-order valence-corrected chi connectivity index (χ4v) is 4.27. The minimum absolute atomic E-state index is 0.0451. The summed E-state index contributed by atoms with van der Waals surface area (Å²) >= 11 is 5.84. The first-order chi connectivity index (χ1) is 9.44. The van der Waals surface area contributed by atoms with Crippen LogP contribution in [0.2, 0.25) is 0 Å². The number of hydrogen-bond acceptors (Lipinski definition) is 2. The summed E-state index contributed by atoms with van der Waals surface area (Å²) in [6.45, 7) is 0. The van der Waals surface area contributed by atoms with Crippen LogP contribution in [0.4, 0.5) is 8.78 Å². The second kappa shape index (κ2) is 6.37. The first-order valence-electron chi connectivity index (χ1n) is 6.47. The van der Waals surface area contributed by atoms with E-state index in [4.69, 9.17) is 11.6 Å². The van der Waals surface area contributed by atoms with Crippen LogP contribution < -0.4 is 4.72 Å². The molecule has 1 saturated carbocycles. The molecule has 3 nitrogen and oxygen atoms in total. The van der Waals surface area contributed by atoms with E-state index < -0.39 is 26.6 Å². The Morgan fingerprint density at radius 3 is 2.60 bits per heavy atom. The molecule has 0 heterocycles. The van der Waals surface area contributed by atoms with Gasteiger partial charge in [-0.05, 0) is 30.9 Å². The molecule has 0 aromatic heterocycles. The van der Waals surface area contributed by atoms with Crippen molar-refractivity contribution in [3.63, 3.8) is 0 Å². The molecule has 0 aliphatic heterocycles. The third kappa shape index (κ3) is 3.48. The molecule has 1 fully saturated rings. The lowest BCUT2D eigenvalue weighted by Gasteiger charge is -2.30. The second-order valence-electron chi connectivity index (χ2n) is 5.00. The van der Waals surface area contributed by atoms with Crippen molar-refractivity contribution in [2.75, 3.05) is 5.88 Å². The zero-order valence-corrected chi connectivity index (χ0v) is 12.4. The van der Waals surface area contributed by atoms with E-state index in [0.29, 0.717) is 18.4 Å². The molecule has 0 radical (unpaired) electrons. The van der Waals surface area contributed by atoms with Gasteiger partial charge in [0.05, 0.1) is 0 Å². The summed E-state index contributed by atoms with van der Waals surface area (Å²) in [6.07, 6.45) is 3.45. The maximum absolute atomic E-state index is 13.6. The quantitative estimate of drug-likeness (QED) is 0.866. The molecule has 2 rings (SSSR count). The summed E-state index contributed by atoms with van der Waals surface area (Å²) in [5.41, 5.74) is 0. The smallest absolute Gasteiger partial charge is 0.208 e. The maximum atomic E-state index is 13.6. The van der Waals surface area contributed by atoms with Crippen LogP contribution in [0.5, 0.6) is 0 Å². The third-order valence-electron chi connectivity index (χ3n) is 3.60. The van der Waals surface area contributed by atoms with E-state index in [1.165, 1.54) is 0 Å². The molecule has 20 heavy (non-hydrogen) atoms. The highest BCUT2D eigenvalue weighted by atomic mass is 35.5. The van der Waals surface area contributed by atoms with Gasteiger partial charge in [-0.2, -0.15) is 0 Å². The number of benzene rings is 1. The average Bonchev–Trinajstić information content (AvgIpc) is 2.38. The van der Waals surface area contributed by atoms with Crippen LogP contribution in [0.1, 0.15) is 25.7 Å². The van der Waals surface area contributed by atoms with Crippen molar-refractivity contribution >= 4 is 21.6 Å². The lowest BCUT2D eigenvalue weighted by molar-refractivity contribution is 0.313. The van der Waals surface area contributed by atoms with Crippen molar-refractivity contribution in [3.8, 4) is 0 Å². The first kappa shape index (κ1) is 15.7. The van der Waals surface area contributed by atoms with Gasteiger partial charge >= 0.3 is 0 Å². The van der Waals surface area contributed by atoms with Gasteiger partial charge in [0.2, 0.25) is 10.0 Å². The molecular weight excluding hydrogens is 308 g/mol. The Balaban J connectivity index is 2.22. The van der Waals surface area contributed by atoms with E-state index in [2.05, 4.69) is 4.72 Å². The fourth-order valence-electron chi connectivity index (χ4n) is 2.50. The zero-order valence-electron chi connectivity index (χ0n) is 10.8. The van der Waals surface area contributed by atoms with E-state index in [-0.39, 0.29) is 12.0 Å². The molecule has 0 saturated heterocycles. The van der Waals surface area contributed by atoms with Gasteiger partial charge in [0.1, 0.15) is 16.5 Å². The lowest BCUT2D eigenvalue weighted by atomic mass is 9.86. The predicted molar refractivity (Wildman–Crippen MR) is 73.1 cm³/mol. The third-order valence-corrected chi connectivity index (χ3v) is 5.52. The van der Waals surface area contributed by atoms with Crippen molar-refractivity contribution in [2.24, 2.45) is 5.92 Å². The van der Waals surface area contributed by atoms with Crippen molar-refractivity contribution in [2.45, 2.75) is 36.6 Å². The van der Waals surface area contributed by atoms with Crippen molar-refractivity contribution < 1.29 is 17.2 Å². The van der Waals surface area contributed by atoms with Crippen LogP contribution in [0.25, 0.3) is 0 Å². The summed E-state index contributed by atoms with van der Waals surface area (Å²) in [6, 6.07) is 2.13. The average molecular weight is 324 g/mol. The fraction of sp³-hybridized carbons (Fsp3) is 0.538. The van der Waals surface area contributed by atoms with E-state index in [1.807, 2.05) is 0 Å². The minimum Gasteiger partial charge on any atom is -0.208 e. The van der Waals surface area contributed by atoms with Crippen molar-refractivity contribution in [1.82, 2.24) is 4.72 Å². The van der Waals surface area contributed by atoms with Crippen LogP contribution >= 0.6 is 11.6 Å². The lowest BCUT2D eigenvalue weighted by Crippen LogP contribution is -2.42. The van der Waals surface area contributed by atoms with Gasteiger partial charge < -0.3 is 0 Å². The molecular formula is C13H16ClF2NO2S. The molecule has 1 aliphatic rings. The van der Waals surface area contributed by atoms with Crippen LogP contribution in [0.3, 0.4) is 0 Å². The van der Waals surface area contributed by atoms with Crippen LogP contribution in [-0.2, 0) is 10.0 Å². The summed E-state index contributed by atoms with van der Waals surface area (Å²) in [5, 5.41) is 0. The molecule has 1 aromatic carbocycles. The van der Waals surface area contributed by atoms with Crippen molar-refractivity contribution in [3.05, 3.63) is 29.8 Å². The van der Waals surface area contributed by atoms with Crippen LogP contribution in [0, 0.1) is 17.6 Å². The highest BCUT2D eigenvalue weighted by Crippen LogP contribution is 2.27. The number of halogens is 3. The molecule has 1 N–H and O–H groups in total. The second-order valence-corrected chi connectivity index (χ2v) is 6.99. The van der Waals surface area contributed by atoms with Gasteiger partial charge in [-0.1, -0.05) is 12.8 Å². The molecule has 2 atom stereocenters. The Bertz CT molecular complexity index is 580. The van der Waals surface area contributed by atoms with Gasteiger partial charge in [-0.3, -0.25) is 0 Å². The van der Waals surface area contributed by atoms with Crippen molar-refractivity contribution in [1.29, 1.82) is 0 Å². The number of rotatable bonds is 4. The van der Waals surface area contributed by atoms with Gasteiger partial charge in [0.15, 0.2) is 0 Å². The van der Waals surface area contributed by atoms with E-state index in [1.54, 1.807) is 0 Å². The highest BCUT2D eigenvalue weighted by molar-refractivity contribution is 7.89. The zero-order chi connectivity index (χ0) is 14.8. The van der Waals surface area contributed by atoms with E-state index in [0.717, 1.165) is 31.4 Å². The Kier molecular flexibility index (Phi) is 4.99. The molecule has 0 bridgehead atoms. The molecule has 0 spiro atoms. The summed E-state index contributed by atoms with van der Waals surface area (Å²) < 4.78 is 53.3. The molecule has 112 valence electrons. The molecule has 1 aliphatic carbocycles. The van der Waals surface area contributed by atoms with Crippen LogP contribution in [0.15, 0.2) is 23.1 Å². The van der Waals surface area contributed by atoms with Gasteiger partial charge in [-0.25, -0.2) is 21.9 Å². The monoisotopic (exact) mass is 323 g/mol. The van der Waals surface area contributed by atoms with E-state index in [9.17, 15) is 17.2 Å². The first-order valence-corrected chi connectivity index (χ1v) is 8.49. The van der Waals surface area contributed by atoms with E-state index >= 15 is 0 Å². The summed E-state index contributed by atoms with van der Waals surface area (Å²) in [5.74, 6) is -1.49. The number of sulfonamides is 1. The molecule has 2 unspecified atom stereocenters. The minimum atomic E-state index is -4.00. The maximum Gasteiger partial charge on any atom is 0.243 e. The SMILES string of the molecule is O=S(=O)(NC1CCCCC1CCl)c1ccc(F)cc1F. The highest BCUT2D eigenvalue weighted by Gasteiger charge is 2.30.